The molecular weight excluding hydrogens is 586 g/mol. The molecule has 3 heterocycles. The van der Waals surface area contributed by atoms with Gasteiger partial charge in [0.2, 0.25) is 0 Å². The van der Waals surface area contributed by atoms with Gasteiger partial charge in [0.25, 0.3) is 5.56 Å². The van der Waals surface area contributed by atoms with Crippen LogP contribution in [0.2, 0.25) is 5.02 Å². The number of hydrogen-bond acceptors (Lipinski definition) is 5. The van der Waals surface area contributed by atoms with Gasteiger partial charge in [0, 0.05) is 26.6 Å². The molecule has 1 atom stereocenters. The number of benzene rings is 2. The summed E-state index contributed by atoms with van der Waals surface area (Å²) in [6.45, 7) is 7.80. The zero-order valence-corrected chi connectivity index (χ0v) is 24.4. The molecule has 38 heavy (non-hydrogen) atoms. The largest absolute Gasteiger partial charge is 0.463 e. The maximum absolute atomic E-state index is 13.9. The van der Waals surface area contributed by atoms with Crippen molar-refractivity contribution in [3.63, 3.8) is 0 Å². The predicted octanol–water partition coefficient (Wildman–Crippen LogP) is 5.62. The van der Waals surface area contributed by atoms with Crippen LogP contribution in [-0.4, -0.2) is 21.7 Å². The topological polar surface area (TPSA) is 65.6 Å². The van der Waals surface area contributed by atoms with Gasteiger partial charge in [-0.3, -0.25) is 9.36 Å². The van der Waals surface area contributed by atoms with Gasteiger partial charge < -0.3 is 9.30 Å². The monoisotopic (exact) mass is 609 g/mol. The summed E-state index contributed by atoms with van der Waals surface area (Å²) < 4.78 is 10.6. The molecule has 0 saturated heterocycles. The molecule has 5 rings (SSSR count). The van der Waals surface area contributed by atoms with Crippen molar-refractivity contribution in [1.29, 1.82) is 0 Å². The van der Waals surface area contributed by atoms with Gasteiger partial charge in [0.05, 0.1) is 22.4 Å². The Labute approximate surface area is 237 Å². The average Bonchev–Trinajstić information content (AvgIpc) is 3.33. The molecular formula is C29H25BrClN3O3S. The summed E-state index contributed by atoms with van der Waals surface area (Å²) in [5.74, 6) is -0.508. The molecule has 1 aliphatic rings. The first-order valence-electron chi connectivity index (χ1n) is 12.1. The van der Waals surface area contributed by atoms with E-state index in [0.717, 1.165) is 27.1 Å². The van der Waals surface area contributed by atoms with E-state index in [9.17, 15) is 9.59 Å². The Balaban J connectivity index is 1.70. The van der Waals surface area contributed by atoms with Gasteiger partial charge in [-0.1, -0.05) is 57.1 Å². The molecule has 2 aromatic carbocycles. The molecule has 9 heteroatoms. The zero-order chi connectivity index (χ0) is 27.1. The lowest BCUT2D eigenvalue weighted by molar-refractivity contribution is -0.139. The fourth-order valence-electron chi connectivity index (χ4n) is 4.85. The number of nitrogens with zero attached hydrogens (tertiary/aromatic N) is 3. The van der Waals surface area contributed by atoms with E-state index in [1.165, 1.54) is 11.3 Å². The fraction of sp³-hybridized carbons (Fsp3) is 0.207. The smallest absolute Gasteiger partial charge is 0.338 e. The lowest BCUT2D eigenvalue weighted by atomic mass is 9.96. The second-order valence-electron chi connectivity index (χ2n) is 8.96. The lowest BCUT2D eigenvalue weighted by Gasteiger charge is -2.25. The maximum atomic E-state index is 13.9. The Morgan fingerprint density at radius 3 is 2.55 bits per heavy atom. The number of halogens is 2. The summed E-state index contributed by atoms with van der Waals surface area (Å²) in [6, 6.07) is 16.7. The van der Waals surface area contributed by atoms with E-state index in [0.29, 0.717) is 31.2 Å². The summed E-state index contributed by atoms with van der Waals surface area (Å²) in [6.07, 6.45) is 1.90. The highest BCUT2D eigenvalue weighted by Gasteiger charge is 2.34. The highest BCUT2D eigenvalue weighted by atomic mass is 79.9. The average molecular weight is 611 g/mol. The Kier molecular flexibility index (Phi) is 7.31. The molecule has 0 amide bonds. The summed E-state index contributed by atoms with van der Waals surface area (Å²) in [7, 11) is 0. The minimum Gasteiger partial charge on any atom is -0.463 e. The number of ether oxygens (including phenoxy) is 1. The standard InChI is InChI=1S/C29H25BrClN3O3S/c1-5-37-28(36)25-17(3)32-29-34(26(25)22-8-6-7-9-23(22)31)27(35)24(38-29)15-19-14-16(2)33(18(19)4)21-12-10-20(30)11-13-21/h6-15,26H,5H2,1-4H3/t26-/m1/s1. The number of esters is 1. The summed E-state index contributed by atoms with van der Waals surface area (Å²) in [5, 5.41) is 0.460. The highest BCUT2D eigenvalue weighted by molar-refractivity contribution is 9.10. The van der Waals surface area contributed by atoms with Crippen molar-refractivity contribution in [3.8, 4) is 5.69 Å². The summed E-state index contributed by atoms with van der Waals surface area (Å²) in [5.41, 5.74) is 5.28. The van der Waals surface area contributed by atoms with Crippen LogP contribution in [0.3, 0.4) is 0 Å². The van der Waals surface area contributed by atoms with Crippen molar-refractivity contribution in [2.75, 3.05) is 6.61 Å². The molecule has 0 aliphatic carbocycles. The first-order chi connectivity index (χ1) is 18.2. The van der Waals surface area contributed by atoms with Crippen molar-refractivity contribution in [2.24, 2.45) is 4.99 Å². The maximum Gasteiger partial charge on any atom is 0.338 e. The van der Waals surface area contributed by atoms with Gasteiger partial charge in [-0.25, -0.2) is 9.79 Å². The molecule has 6 nitrogen and oxygen atoms in total. The molecule has 0 saturated carbocycles. The Morgan fingerprint density at radius 2 is 1.87 bits per heavy atom. The van der Waals surface area contributed by atoms with Gasteiger partial charge in [0.1, 0.15) is 6.04 Å². The Hall–Kier alpha value is -3.20. The molecule has 194 valence electrons. The van der Waals surface area contributed by atoms with E-state index in [1.807, 2.05) is 62.4 Å². The number of aromatic nitrogens is 2. The lowest BCUT2D eigenvalue weighted by Crippen LogP contribution is -2.40. The van der Waals surface area contributed by atoms with Gasteiger partial charge in [-0.15, -0.1) is 0 Å². The number of carbonyl (C=O) groups is 1. The Bertz CT molecular complexity index is 1780. The number of aryl methyl sites for hydroxylation is 1. The normalized spacial score (nSPS) is 15.4. The van der Waals surface area contributed by atoms with Crippen LogP contribution in [0.4, 0.5) is 0 Å². The minimum atomic E-state index is -0.739. The van der Waals surface area contributed by atoms with E-state index in [2.05, 4.69) is 31.6 Å². The van der Waals surface area contributed by atoms with Crippen LogP contribution < -0.4 is 14.9 Å². The van der Waals surface area contributed by atoms with Crippen LogP contribution in [0.5, 0.6) is 0 Å². The van der Waals surface area contributed by atoms with E-state index in [-0.39, 0.29) is 12.2 Å². The van der Waals surface area contributed by atoms with Gasteiger partial charge >= 0.3 is 5.97 Å². The number of thiazole rings is 1. The highest BCUT2D eigenvalue weighted by Crippen LogP contribution is 2.34. The number of hydrogen-bond donors (Lipinski definition) is 0. The van der Waals surface area contributed by atoms with Crippen molar-refractivity contribution in [1.82, 2.24) is 9.13 Å². The quantitative estimate of drug-likeness (QED) is 0.276. The molecule has 0 unspecified atom stereocenters. The SMILES string of the molecule is CCOC(=O)C1=C(C)N=c2sc(=Cc3cc(C)n(-c4ccc(Br)cc4)c3C)c(=O)n2[C@@H]1c1ccccc1Cl. The predicted molar refractivity (Wildman–Crippen MR) is 155 cm³/mol. The van der Waals surface area contributed by atoms with Crippen LogP contribution >= 0.6 is 38.9 Å². The number of allylic oxidation sites excluding steroid dienone is 1. The zero-order valence-electron chi connectivity index (χ0n) is 21.3. The van der Waals surface area contributed by atoms with Crippen LogP contribution in [0, 0.1) is 13.8 Å². The molecule has 0 fully saturated rings. The molecule has 0 bridgehead atoms. The summed E-state index contributed by atoms with van der Waals surface area (Å²) >= 11 is 11.4. The Morgan fingerprint density at radius 1 is 1.16 bits per heavy atom. The van der Waals surface area contributed by atoms with E-state index in [4.69, 9.17) is 16.3 Å². The third-order valence-corrected chi connectivity index (χ3v) is 8.41. The van der Waals surface area contributed by atoms with Crippen LogP contribution in [0.1, 0.15) is 42.4 Å². The minimum absolute atomic E-state index is 0.212. The van der Waals surface area contributed by atoms with E-state index >= 15 is 0 Å². The first kappa shape index (κ1) is 26.4. The van der Waals surface area contributed by atoms with Crippen molar-refractivity contribution in [2.45, 2.75) is 33.7 Å². The molecule has 0 spiro atoms. The fourth-order valence-corrected chi connectivity index (χ4v) is 6.39. The number of rotatable bonds is 5. The molecule has 1 aliphatic heterocycles. The second-order valence-corrected chi connectivity index (χ2v) is 11.3. The third-order valence-electron chi connectivity index (χ3n) is 6.56. The van der Waals surface area contributed by atoms with Crippen LogP contribution in [-0.2, 0) is 9.53 Å². The number of carbonyl (C=O) groups excluding carboxylic acids is 1. The van der Waals surface area contributed by atoms with Gasteiger partial charge in [0.15, 0.2) is 4.80 Å². The molecule has 2 aromatic heterocycles. The van der Waals surface area contributed by atoms with Gasteiger partial charge in [-0.2, -0.15) is 0 Å². The van der Waals surface area contributed by atoms with Crippen molar-refractivity contribution < 1.29 is 9.53 Å². The second kappa shape index (κ2) is 10.5. The van der Waals surface area contributed by atoms with Crippen LogP contribution in [0.15, 0.2) is 80.1 Å². The third kappa shape index (κ3) is 4.61. The van der Waals surface area contributed by atoms with Crippen molar-refractivity contribution >= 4 is 50.9 Å². The van der Waals surface area contributed by atoms with E-state index in [1.54, 1.807) is 24.5 Å². The molecule has 0 N–H and O–H groups in total. The first-order valence-corrected chi connectivity index (χ1v) is 14.1. The molecule has 4 aromatic rings. The summed E-state index contributed by atoms with van der Waals surface area (Å²) in [4.78, 5) is 32.1. The number of fused-ring (bicyclic) bond motifs is 1. The molecule has 0 radical (unpaired) electrons. The van der Waals surface area contributed by atoms with Crippen LogP contribution in [0.25, 0.3) is 11.8 Å². The van der Waals surface area contributed by atoms with Crippen molar-refractivity contribution in [3.05, 3.63) is 118 Å². The van der Waals surface area contributed by atoms with E-state index < -0.39 is 12.0 Å². The van der Waals surface area contributed by atoms with Gasteiger partial charge in [-0.05, 0) is 81.3 Å².